The van der Waals surface area contributed by atoms with Crippen LogP contribution in [0.3, 0.4) is 0 Å². The molecule has 0 bridgehead atoms. The molecule has 1 aromatic rings. The van der Waals surface area contributed by atoms with Crippen LogP contribution >= 0.6 is 11.6 Å². The molecule has 3 nitrogen and oxygen atoms in total. The predicted molar refractivity (Wildman–Crippen MR) is 69.8 cm³/mol. The van der Waals surface area contributed by atoms with Crippen molar-refractivity contribution in [1.82, 2.24) is 0 Å². The first-order valence-electron chi connectivity index (χ1n) is 5.64. The molecule has 0 aliphatic rings. The second kappa shape index (κ2) is 6.03. The highest BCUT2D eigenvalue weighted by molar-refractivity contribution is 6.32. The number of benzene rings is 1. The van der Waals surface area contributed by atoms with Gasteiger partial charge in [0.15, 0.2) is 5.78 Å². The normalized spacial score (nSPS) is 14.2. The Hall–Kier alpha value is -1.06. The van der Waals surface area contributed by atoms with Crippen molar-refractivity contribution in [2.24, 2.45) is 11.7 Å². The van der Waals surface area contributed by atoms with E-state index in [1.165, 1.54) is 7.11 Å². The van der Waals surface area contributed by atoms with Gasteiger partial charge in [-0.3, -0.25) is 4.79 Å². The van der Waals surface area contributed by atoms with Crippen LogP contribution in [0.2, 0.25) is 5.02 Å². The molecule has 1 rings (SSSR count). The maximum atomic E-state index is 12.1. The lowest BCUT2D eigenvalue weighted by Gasteiger charge is -2.17. The van der Waals surface area contributed by atoms with Gasteiger partial charge in [-0.15, -0.1) is 0 Å². The average molecular weight is 256 g/mol. The van der Waals surface area contributed by atoms with E-state index in [1.54, 1.807) is 18.2 Å². The van der Waals surface area contributed by atoms with Crippen molar-refractivity contribution in [3.05, 3.63) is 28.8 Å². The molecule has 0 aromatic heterocycles. The molecule has 0 saturated heterocycles. The van der Waals surface area contributed by atoms with Crippen LogP contribution in [0.5, 0.6) is 5.75 Å². The van der Waals surface area contributed by atoms with Crippen LogP contribution in [0.1, 0.15) is 30.6 Å². The minimum atomic E-state index is -0.481. The number of carbonyl (C=O) groups is 1. The smallest absolute Gasteiger partial charge is 0.179 e. The first-order chi connectivity index (χ1) is 8.01. The fourth-order valence-corrected chi connectivity index (χ4v) is 1.71. The zero-order chi connectivity index (χ0) is 13.0. The number of methoxy groups -OCH3 is 1. The van der Waals surface area contributed by atoms with Crippen LogP contribution in [0.15, 0.2) is 18.2 Å². The number of Topliss-reactive ketones (excluding diaryl/α,β-unsaturated/α-hetero) is 1. The van der Waals surface area contributed by atoms with Crippen LogP contribution in [0.4, 0.5) is 0 Å². The van der Waals surface area contributed by atoms with E-state index in [0.717, 1.165) is 6.42 Å². The second-order valence-electron chi connectivity index (χ2n) is 4.12. The molecule has 0 amide bonds. The van der Waals surface area contributed by atoms with Gasteiger partial charge in [0.1, 0.15) is 5.75 Å². The Morgan fingerprint density at radius 3 is 2.71 bits per heavy atom. The van der Waals surface area contributed by atoms with Crippen molar-refractivity contribution in [3.63, 3.8) is 0 Å². The predicted octanol–water partition coefficient (Wildman–Crippen LogP) is 2.90. The van der Waals surface area contributed by atoms with Gasteiger partial charge in [-0.05, 0) is 24.1 Å². The summed E-state index contributed by atoms with van der Waals surface area (Å²) < 4.78 is 5.08. The number of nitrogens with two attached hydrogens (primary N) is 1. The van der Waals surface area contributed by atoms with E-state index in [-0.39, 0.29) is 11.7 Å². The highest BCUT2D eigenvalue weighted by Crippen LogP contribution is 2.26. The Balaban J connectivity index is 2.96. The summed E-state index contributed by atoms with van der Waals surface area (Å²) in [6, 6.07) is 4.48. The molecule has 0 heterocycles. The number of hydrogen-bond acceptors (Lipinski definition) is 3. The van der Waals surface area contributed by atoms with Crippen LogP contribution in [0.25, 0.3) is 0 Å². The molecule has 1 aromatic carbocycles. The molecule has 4 heteroatoms. The van der Waals surface area contributed by atoms with Crippen LogP contribution in [0, 0.1) is 5.92 Å². The van der Waals surface area contributed by atoms with Crippen molar-refractivity contribution in [1.29, 1.82) is 0 Å². The van der Waals surface area contributed by atoms with Gasteiger partial charge >= 0.3 is 0 Å². The van der Waals surface area contributed by atoms with Crippen molar-refractivity contribution in [2.45, 2.75) is 26.3 Å². The molecule has 2 atom stereocenters. The molecule has 0 saturated carbocycles. The molecular weight excluding hydrogens is 238 g/mol. The number of ketones is 1. The first kappa shape index (κ1) is 14.0. The van der Waals surface area contributed by atoms with Crippen molar-refractivity contribution < 1.29 is 9.53 Å². The summed E-state index contributed by atoms with van der Waals surface area (Å²) in [7, 11) is 1.52. The van der Waals surface area contributed by atoms with Crippen molar-refractivity contribution >= 4 is 17.4 Å². The summed E-state index contributed by atoms with van der Waals surface area (Å²) in [5.74, 6) is 0.576. The highest BCUT2D eigenvalue weighted by atomic mass is 35.5. The largest absolute Gasteiger partial charge is 0.495 e. The summed E-state index contributed by atoms with van der Waals surface area (Å²) in [5.41, 5.74) is 6.45. The summed E-state index contributed by atoms with van der Waals surface area (Å²) in [6.45, 7) is 3.98. The molecule has 2 unspecified atom stereocenters. The van der Waals surface area contributed by atoms with E-state index in [0.29, 0.717) is 16.3 Å². The van der Waals surface area contributed by atoms with E-state index in [9.17, 15) is 4.79 Å². The van der Waals surface area contributed by atoms with E-state index < -0.39 is 6.04 Å². The lowest BCUT2D eigenvalue weighted by Crippen LogP contribution is -2.36. The molecule has 2 N–H and O–H groups in total. The van der Waals surface area contributed by atoms with E-state index >= 15 is 0 Å². The quantitative estimate of drug-likeness (QED) is 0.823. The summed E-state index contributed by atoms with van der Waals surface area (Å²) in [6.07, 6.45) is 0.873. The van der Waals surface area contributed by atoms with E-state index in [1.807, 2.05) is 13.8 Å². The SMILES string of the molecule is CCC(C)C(N)C(=O)c1ccc(Cl)c(OC)c1. The van der Waals surface area contributed by atoms with Crippen molar-refractivity contribution in [2.75, 3.05) is 7.11 Å². The standard InChI is InChI=1S/C13H18ClNO2/c1-4-8(2)12(15)13(16)9-5-6-10(14)11(7-9)17-3/h5-8,12H,4,15H2,1-3H3. The minimum absolute atomic E-state index is 0.0747. The molecule has 0 radical (unpaired) electrons. The highest BCUT2D eigenvalue weighted by Gasteiger charge is 2.21. The lowest BCUT2D eigenvalue weighted by atomic mass is 9.92. The number of carbonyl (C=O) groups excluding carboxylic acids is 1. The summed E-state index contributed by atoms with van der Waals surface area (Å²) in [4.78, 5) is 12.1. The fourth-order valence-electron chi connectivity index (χ4n) is 1.52. The third-order valence-electron chi connectivity index (χ3n) is 3.00. The number of rotatable bonds is 5. The van der Waals surface area contributed by atoms with Gasteiger partial charge in [-0.1, -0.05) is 31.9 Å². The zero-order valence-electron chi connectivity index (χ0n) is 10.4. The van der Waals surface area contributed by atoms with E-state index in [4.69, 9.17) is 22.1 Å². The maximum absolute atomic E-state index is 12.1. The molecule has 94 valence electrons. The Labute approximate surface area is 107 Å². The van der Waals surface area contributed by atoms with Crippen LogP contribution in [-0.2, 0) is 0 Å². The van der Waals surface area contributed by atoms with E-state index in [2.05, 4.69) is 0 Å². The molecule has 0 spiro atoms. The van der Waals surface area contributed by atoms with Gasteiger partial charge in [0.05, 0.1) is 18.2 Å². The topological polar surface area (TPSA) is 52.3 Å². The minimum Gasteiger partial charge on any atom is -0.495 e. The maximum Gasteiger partial charge on any atom is 0.179 e. The van der Waals surface area contributed by atoms with Gasteiger partial charge in [0.25, 0.3) is 0 Å². The Kier molecular flexibility index (Phi) is 4.97. The third kappa shape index (κ3) is 3.20. The van der Waals surface area contributed by atoms with Gasteiger partial charge in [0.2, 0.25) is 0 Å². The number of hydrogen-bond donors (Lipinski definition) is 1. The second-order valence-corrected chi connectivity index (χ2v) is 4.53. The van der Waals surface area contributed by atoms with Gasteiger partial charge in [-0.2, -0.15) is 0 Å². The van der Waals surface area contributed by atoms with Crippen LogP contribution < -0.4 is 10.5 Å². The Bertz CT molecular complexity index is 406. The summed E-state index contributed by atoms with van der Waals surface area (Å²) >= 11 is 5.90. The molecule has 0 aliphatic heterocycles. The average Bonchev–Trinajstić information content (AvgIpc) is 2.36. The number of halogens is 1. The number of ether oxygens (including phenoxy) is 1. The molecule has 0 aliphatic carbocycles. The zero-order valence-corrected chi connectivity index (χ0v) is 11.1. The Morgan fingerprint density at radius 1 is 1.53 bits per heavy atom. The summed E-state index contributed by atoms with van der Waals surface area (Å²) in [5, 5.41) is 0.487. The monoisotopic (exact) mass is 255 g/mol. The Morgan fingerprint density at radius 2 is 2.18 bits per heavy atom. The molecular formula is C13H18ClNO2. The third-order valence-corrected chi connectivity index (χ3v) is 3.31. The van der Waals surface area contributed by atoms with Gasteiger partial charge in [-0.25, -0.2) is 0 Å². The molecule has 0 fully saturated rings. The van der Waals surface area contributed by atoms with Gasteiger partial charge in [0, 0.05) is 5.56 Å². The first-order valence-corrected chi connectivity index (χ1v) is 6.02. The van der Waals surface area contributed by atoms with Crippen LogP contribution in [-0.4, -0.2) is 18.9 Å². The lowest BCUT2D eigenvalue weighted by molar-refractivity contribution is 0.0934. The van der Waals surface area contributed by atoms with Crippen molar-refractivity contribution in [3.8, 4) is 5.75 Å². The fraction of sp³-hybridized carbons (Fsp3) is 0.462. The molecule has 17 heavy (non-hydrogen) atoms. The van der Waals surface area contributed by atoms with Gasteiger partial charge < -0.3 is 10.5 Å².